The van der Waals surface area contributed by atoms with Gasteiger partial charge >= 0.3 is 0 Å². The van der Waals surface area contributed by atoms with Gasteiger partial charge in [0.1, 0.15) is 12.1 Å². The summed E-state index contributed by atoms with van der Waals surface area (Å²) in [6.45, 7) is 5.69. The summed E-state index contributed by atoms with van der Waals surface area (Å²) in [4.78, 5) is 28.8. The van der Waals surface area contributed by atoms with Crippen molar-refractivity contribution in [1.29, 1.82) is 0 Å². The Morgan fingerprint density at radius 1 is 1.19 bits per heavy atom. The van der Waals surface area contributed by atoms with E-state index in [1.54, 1.807) is 22.9 Å². The second-order valence-electron chi connectivity index (χ2n) is 10.8. The van der Waals surface area contributed by atoms with E-state index in [0.717, 1.165) is 18.5 Å². The Morgan fingerprint density at radius 2 is 1.86 bits per heavy atom. The van der Waals surface area contributed by atoms with Gasteiger partial charge in [0, 0.05) is 41.7 Å². The van der Waals surface area contributed by atoms with Crippen LogP contribution in [0.5, 0.6) is 0 Å². The van der Waals surface area contributed by atoms with Gasteiger partial charge < -0.3 is 20.4 Å². The first kappa shape index (κ1) is 26.9. The van der Waals surface area contributed by atoms with Crippen LogP contribution in [0.15, 0.2) is 24.4 Å². The van der Waals surface area contributed by atoms with Crippen molar-refractivity contribution in [3.63, 3.8) is 0 Å². The van der Waals surface area contributed by atoms with Gasteiger partial charge in [0.25, 0.3) is 0 Å². The monoisotopic (exact) mass is 537 g/mol. The van der Waals surface area contributed by atoms with E-state index < -0.39 is 35.6 Å². The summed E-state index contributed by atoms with van der Waals surface area (Å²) < 4.78 is 1.60. The highest BCUT2D eigenvalue weighted by molar-refractivity contribution is 6.34. The molecule has 4 rings (SSSR count). The number of nitrogens with zero attached hydrogens (tertiary/aromatic N) is 4. The van der Waals surface area contributed by atoms with Crippen LogP contribution in [0, 0.1) is 5.41 Å². The van der Waals surface area contributed by atoms with Crippen LogP contribution in [0.1, 0.15) is 75.7 Å². The highest BCUT2D eigenvalue weighted by Crippen LogP contribution is 2.40. The Morgan fingerprint density at radius 3 is 2.44 bits per heavy atom. The molecule has 1 saturated heterocycles. The standard InChI is InChI=1S/C25H33Cl2N5O4/c1-25(2,3)22(32-13-20(29-30-32)14-4-5-14)24(36)31-12-18(34)11-21(31)23(35)28-19(6-7-33)15-8-16(26)10-17(27)9-15/h8-10,13-14,18-19,21-22,33-34H,4-7,11-12H2,1-3H3,(H,28,35)/t18-,19?,21+,22-/m1/s1. The second-order valence-corrected chi connectivity index (χ2v) is 11.7. The Labute approximate surface area is 220 Å². The number of hydrogen-bond donors (Lipinski definition) is 3. The van der Waals surface area contributed by atoms with Gasteiger partial charge in [-0.15, -0.1) is 5.10 Å². The predicted molar refractivity (Wildman–Crippen MR) is 136 cm³/mol. The van der Waals surface area contributed by atoms with Crippen LogP contribution >= 0.6 is 23.2 Å². The van der Waals surface area contributed by atoms with E-state index in [-0.39, 0.29) is 31.9 Å². The summed E-state index contributed by atoms with van der Waals surface area (Å²) in [5.74, 6) is -0.319. The van der Waals surface area contributed by atoms with Crippen LogP contribution in [-0.2, 0) is 9.59 Å². The molecule has 2 fully saturated rings. The molecule has 1 saturated carbocycles. The molecule has 3 N–H and O–H groups in total. The van der Waals surface area contributed by atoms with Gasteiger partial charge in [-0.05, 0) is 48.4 Å². The van der Waals surface area contributed by atoms with Crippen molar-refractivity contribution in [2.45, 2.75) is 76.6 Å². The van der Waals surface area contributed by atoms with E-state index in [2.05, 4.69) is 15.6 Å². The summed E-state index contributed by atoms with van der Waals surface area (Å²) in [6.07, 6.45) is 3.48. The molecule has 1 aromatic carbocycles. The van der Waals surface area contributed by atoms with E-state index in [9.17, 15) is 19.8 Å². The molecule has 9 nitrogen and oxygen atoms in total. The molecule has 4 atom stereocenters. The molecule has 11 heteroatoms. The van der Waals surface area contributed by atoms with Crippen LogP contribution in [0.3, 0.4) is 0 Å². The number of carbonyl (C=O) groups is 2. The maximum atomic E-state index is 13.9. The number of benzene rings is 1. The quantitative estimate of drug-likeness (QED) is 0.475. The van der Waals surface area contributed by atoms with E-state index in [1.807, 2.05) is 27.0 Å². The third kappa shape index (κ3) is 6.02. The summed E-state index contributed by atoms with van der Waals surface area (Å²) in [5.41, 5.74) is 1.01. The summed E-state index contributed by atoms with van der Waals surface area (Å²) in [5, 5.41) is 32.3. The fraction of sp³-hybridized carbons (Fsp3) is 0.600. The third-order valence-electron chi connectivity index (χ3n) is 6.73. The number of aliphatic hydroxyl groups excluding tert-OH is 2. The lowest BCUT2D eigenvalue weighted by Crippen LogP contribution is -2.51. The van der Waals surface area contributed by atoms with Gasteiger partial charge in [-0.3, -0.25) is 9.59 Å². The average Bonchev–Trinajstić information content (AvgIpc) is 3.39. The van der Waals surface area contributed by atoms with Gasteiger partial charge in [0.2, 0.25) is 11.8 Å². The maximum absolute atomic E-state index is 13.9. The number of nitrogens with one attached hydrogen (secondary N) is 1. The molecule has 2 heterocycles. The van der Waals surface area contributed by atoms with Crippen molar-refractivity contribution in [1.82, 2.24) is 25.2 Å². The van der Waals surface area contributed by atoms with Crippen molar-refractivity contribution in [3.8, 4) is 0 Å². The zero-order valence-electron chi connectivity index (χ0n) is 20.7. The smallest absolute Gasteiger partial charge is 0.248 e. The number of aromatic nitrogens is 3. The number of carbonyl (C=O) groups excluding carboxylic acids is 2. The molecule has 1 aliphatic heterocycles. The lowest BCUT2D eigenvalue weighted by Gasteiger charge is -2.35. The van der Waals surface area contributed by atoms with Gasteiger partial charge in [0.05, 0.1) is 17.8 Å². The first-order valence-electron chi connectivity index (χ1n) is 12.3. The number of amides is 2. The van der Waals surface area contributed by atoms with Crippen molar-refractivity contribution >= 4 is 35.0 Å². The van der Waals surface area contributed by atoms with Crippen LogP contribution in [-0.4, -0.2) is 67.2 Å². The molecule has 0 radical (unpaired) electrons. The average molecular weight is 538 g/mol. The highest BCUT2D eigenvalue weighted by Gasteiger charge is 2.45. The molecular formula is C25H33Cl2N5O4. The molecule has 0 bridgehead atoms. The Kier molecular flexibility index (Phi) is 7.95. The van der Waals surface area contributed by atoms with E-state index >= 15 is 0 Å². The number of halogens is 2. The number of aliphatic hydroxyl groups is 2. The topological polar surface area (TPSA) is 121 Å². The van der Waals surface area contributed by atoms with Crippen molar-refractivity contribution in [3.05, 3.63) is 45.7 Å². The SMILES string of the molecule is CC(C)(C)[C@@H](C(=O)N1C[C@H](O)C[C@H]1C(=O)NC(CCO)c1cc(Cl)cc(Cl)c1)n1cc(C2CC2)nn1. The molecule has 196 valence electrons. The van der Waals surface area contributed by atoms with E-state index in [1.165, 1.54) is 4.90 Å². The van der Waals surface area contributed by atoms with Gasteiger partial charge in [-0.25, -0.2) is 4.68 Å². The molecule has 1 unspecified atom stereocenters. The zero-order valence-corrected chi connectivity index (χ0v) is 22.2. The largest absolute Gasteiger partial charge is 0.396 e. The Balaban J connectivity index is 1.57. The Hall–Kier alpha value is -2.20. The lowest BCUT2D eigenvalue weighted by atomic mass is 9.85. The number of hydrogen-bond acceptors (Lipinski definition) is 6. The van der Waals surface area contributed by atoms with Crippen molar-refractivity contribution in [2.24, 2.45) is 5.41 Å². The van der Waals surface area contributed by atoms with Crippen LogP contribution in [0.25, 0.3) is 0 Å². The molecule has 0 spiro atoms. The third-order valence-corrected chi connectivity index (χ3v) is 7.17. The second kappa shape index (κ2) is 10.7. The number of likely N-dealkylation sites (tertiary alicyclic amines) is 1. The molecule has 1 aliphatic carbocycles. The molecule has 36 heavy (non-hydrogen) atoms. The van der Waals surface area contributed by atoms with E-state index in [4.69, 9.17) is 23.2 Å². The fourth-order valence-electron chi connectivity index (χ4n) is 4.82. The molecular weight excluding hydrogens is 505 g/mol. The van der Waals surface area contributed by atoms with Gasteiger partial charge in [0.15, 0.2) is 0 Å². The van der Waals surface area contributed by atoms with Crippen LogP contribution in [0.2, 0.25) is 10.0 Å². The fourth-order valence-corrected chi connectivity index (χ4v) is 5.36. The highest BCUT2D eigenvalue weighted by atomic mass is 35.5. The minimum Gasteiger partial charge on any atom is -0.396 e. The van der Waals surface area contributed by atoms with Crippen molar-refractivity contribution in [2.75, 3.05) is 13.2 Å². The zero-order chi connectivity index (χ0) is 26.2. The molecule has 2 aromatic rings. The first-order chi connectivity index (χ1) is 17.0. The predicted octanol–water partition coefficient (Wildman–Crippen LogP) is 3.25. The number of rotatable bonds is 8. The minimum absolute atomic E-state index is 0.0430. The van der Waals surface area contributed by atoms with Crippen molar-refractivity contribution < 1.29 is 19.8 Å². The minimum atomic E-state index is -0.875. The molecule has 2 aliphatic rings. The summed E-state index contributed by atoms with van der Waals surface area (Å²) in [7, 11) is 0. The summed E-state index contributed by atoms with van der Waals surface area (Å²) >= 11 is 12.3. The molecule has 1 aromatic heterocycles. The maximum Gasteiger partial charge on any atom is 0.248 e. The van der Waals surface area contributed by atoms with Gasteiger partial charge in [-0.2, -0.15) is 0 Å². The normalized spacial score (nSPS) is 21.9. The van der Waals surface area contributed by atoms with Crippen LogP contribution < -0.4 is 5.32 Å². The molecule has 2 amide bonds. The van der Waals surface area contributed by atoms with Gasteiger partial charge in [-0.1, -0.05) is 49.2 Å². The lowest BCUT2D eigenvalue weighted by molar-refractivity contribution is -0.144. The van der Waals surface area contributed by atoms with E-state index in [0.29, 0.717) is 21.5 Å². The number of β-amino-alcohol motifs (C(OH)–C–C–N with tert-alkyl or cyclic N) is 1. The Bertz CT molecular complexity index is 1090. The van der Waals surface area contributed by atoms with Crippen LogP contribution in [0.4, 0.5) is 0 Å². The first-order valence-corrected chi connectivity index (χ1v) is 13.0. The summed E-state index contributed by atoms with van der Waals surface area (Å²) in [6, 6.07) is 2.81.